The van der Waals surface area contributed by atoms with Crippen LogP contribution in [0, 0.1) is 0 Å². The number of hydrogen-bond acceptors (Lipinski definition) is 7. The summed E-state index contributed by atoms with van der Waals surface area (Å²) in [5.41, 5.74) is 0. The van der Waals surface area contributed by atoms with Crippen LogP contribution in [-0.4, -0.2) is 77.1 Å². The predicted molar refractivity (Wildman–Crippen MR) is 83.5 cm³/mol. The van der Waals surface area contributed by atoms with Gasteiger partial charge >= 0.3 is 0 Å². The summed E-state index contributed by atoms with van der Waals surface area (Å²) in [4.78, 5) is 0. The molecular formula is C12H26N2O6S2. The molecule has 2 aliphatic heterocycles. The first-order valence-corrected chi connectivity index (χ1v) is 11.0. The normalized spacial score (nSPS) is 22.9. The number of sulfonamides is 1. The minimum Gasteiger partial charge on any atom is -0.393 e. The molecule has 0 spiro atoms. The average Bonchev–Trinajstić information content (AvgIpc) is 2.38. The van der Waals surface area contributed by atoms with E-state index >= 15 is 0 Å². The Hall–Kier alpha value is -0.260. The second-order valence-electron chi connectivity index (χ2n) is 5.64. The maximum absolute atomic E-state index is 11.1. The van der Waals surface area contributed by atoms with Crippen molar-refractivity contribution in [1.29, 1.82) is 0 Å². The van der Waals surface area contributed by atoms with Gasteiger partial charge in [0.1, 0.15) is 0 Å². The van der Waals surface area contributed by atoms with Crippen LogP contribution in [0.3, 0.4) is 0 Å². The number of nitrogens with one attached hydrogen (secondary N) is 1. The van der Waals surface area contributed by atoms with E-state index in [1.807, 2.05) is 0 Å². The molecule has 0 aliphatic carbocycles. The third kappa shape index (κ3) is 8.39. The van der Waals surface area contributed by atoms with Gasteiger partial charge in [0.2, 0.25) is 10.0 Å². The Bertz CT molecular complexity index is 520. The minimum atomic E-state index is -3.44. The molecule has 2 aliphatic rings. The summed E-state index contributed by atoms with van der Waals surface area (Å²) in [7, 11) is -6.61. The smallest absolute Gasteiger partial charge is 0.264 e. The molecule has 2 N–H and O–H groups in total. The van der Waals surface area contributed by atoms with Gasteiger partial charge in [-0.15, -0.1) is 0 Å². The van der Waals surface area contributed by atoms with E-state index < -0.39 is 26.2 Å². The molecule has 0 unspecified atom stereocenters. The quantitative estimate of drug-likeness (QED) is 0.630. The van der Waals surface area contributed by atoms with Crippen molar-refractivity contribution >= 4 is 20.1 Å². The van der Waals surface area contributed by atoms with Crippen LogP contribution in [0.5, 0.6) is 0 Å². The number of hydrogen-bond donors (Lipinski definition) is 2. The van der Waals surface area contributed by atoms with E-state index in [4.69, 9.17) is 9.29 Å². The zero-order valence-electron chi connectivity index (χ0n) is 13.1. The van der Waals surface area contributed by atoms with E-state index in [-0.39, 0.29) is 6.10 Å². The minimum absolute atomic E-state index is 0.0266. The Morgan fingerprint density at radius 2 is 1.50 bits per heavy atom. The molecule has 2 rings (SSSR count). The van der Waals surface area contributed by atoms with Gasteiger partial charge in [0.05, 0.1) is 24.7 Å². The van der Waals surface area contributed by atoms with E-state index in [0.29, 0.717) is 25.9 Å². The van der Waals surface area contributed by atoms with E-state index in [0.717, 1.165) is 38.4 Å². The molecule has 22 heavy (non-hydrogen) atoms. The van der Waals surface area contributed by atoms with Crippen molar-refractivity contribution in [3.05, 3.63) is 0 Å². The molecule has 0 atom stereocenters. The summed E-state index contributed by atoms with van der Waals surface area (Å²) in [6.07, 6.45) is 4.42. The van der Waals surface area contributed by atoms with Crippen molar-refractivity contribution < 1.29 is 26.1 Å². The first-order chi connectivity index (χ1) is 10.1. The van der Waals surface area contributed by atoms with Crippen molar-refractivity contribution in [1.82, 2.24) is 9.62 Å². The molecule has 0 aromatic carbocycles. The number of nitrogens with zero attached hydrogens (tertiary/aromatic N) is 1. The highest BCUT2D eigenvalue weighted by molar-refractivity contribution is 7.88. The molecule has 2 saturated heterocycles. The number of piperidine rings is 2. The lowest BCUT2D eigenvalue weighted by Crippen LogP contribution is -2.40. The Labute approximate surface area is 133 Å². The summed E-state index contributed by atoms with van der Waals surface area (Å²) in [5, 5.41) is 12.0. The fraction of sp³-hybridized carbons (Fsp3) is 1.00. The van der Waals surface area contributed by atoms with Crippen LogP contribution in [0.4, 0.5) is 0 Å². The van der Waals surface area contributed by atoms with Gasteiger partial charge in [-0.3, -0.25) is 4.18 Å². The fourth-order valence-corrected chi connectivity index (χ4v) is 3.87. The first kappa shape index (κ1) is 19.8. The van der Waals surface area contributed by atoms with Crippen molar-refractivity contribution in [2.75, 3.05) is 38.7 Å². The van der Waals surface area contributed by atoms with Crippen LogP contribution in [-0.2, 0) is 24.3 Å². The summed E-state index contributed by atoms with van der Waals surface area (Å²) in [5.74, 6) is 0. The largest absolute Gasteiger partial charge is 0.393 e. The van der Waals surface area contributed by atoms with Gasteiger partial charge in [-0.2, -0.15) is 8.42 Å². The molecule has 0 bridgehead atoms. The zero-order chi connectivity index (χ0) is 16.8. The van der Waals surface area contributed by atoms with Crippen LogP contribution < -0.4 is 5.32 Å². The molecule has 132 valence electrons. The highest BCUT2D eigenvalue weighted by atomic mass is 32.2. The third-order valence-corrected chi connectivity index (χ3v) is 5.41. The SMILES string of the molecule is CS(=O)(=O)OC1CCN(S(C)(=O)=O)CC1.OC1CCNCC1. The molecule has 0 saturated carbocycles. The van der Waals surface area contributed by atoms with E-state index in [1.165, 1.54) is 4.31 Å². The fourth-order valence-electron chi connectivity index (χ4n) is 2.31. The van der Waals surface area contributed by atoms with Crippen molar-refractivity contribution in [2.24, 2.45) is 0 Å². The van der Waals surface area contributed by atoms with Crippen molar-refractivity contribution in [3.63, 3.8) is 0 Å². The van der Waals surface area contributed by atoms with Gasteiger partial charge in [-0.25, -0.2) is 12.7 Å². The first-order valence-electron chi connectivity index (χ1n) is 7.30. The standard InChI is InChI=1S/C7H15NO5S2.C5H11NO/c1-14(9,10)8-5-3-7(4-6-8)13-15(2,11)12;7-5-1-3-6-4-2-5/h7H,3-6H2,1-2H3;5-7H,1-4H2. The van der Waals surface area contributed by atoms with Crippen LogP contribution in [0.2, 0.25) is 0 Å². The molecular weight excluding hydrogens is 332 g/mol. The van der Waals surface area contributed by atoms with Crippen LogP contribution >= 0.6 is 0 Å². The highest BCUT2D eigenvalue weighted by Gasteiger charge is 2.27. The predicted octanol–water partition coefficient (Wildman–Crippen LogP) is -0.883. The summed E-state index contributed by atoms with van der Waals surface area (Å²) in [6, 6.07) is 0. The van der Waals surface area contributed by atoms with Gasteiger partial charge in [0.25, 0.3) is 10.1 Å². The van der Waals surface area contributed by atoms with E-state index in [1.54, 1.807) is 0 Å². The maximum atomic E-state index is 11.1. The number of aliphatic hydroxyl groups is 1. The lowest BCUT2D eigenvalue weighted by molar-refractivity contribution is 0.137. The monoisotopic (exact) mass is 358 g/mol. The van der Waals surface area contributed by atoms with Gasteiger partial charge in [0.15, 0.2) is 0 Å². The Morgan fingerprint density at radius 3 is 1.82 bits per heavy atom. The van der Waals surface area contributed by atoms with Gasteiger partial charge in [-0.1, -0.05) is 0 Å². The topological polar surface area (TPSA) is 113 Å². The van der Waals surface area contributed by atoms with E-state index in [2.05, 4.69) is 5.32 Å². The molecule has 8 nitrogen and oxygen atoms in total. The Kier molecular flexibility index (Phi) is 7.69. The number of rotatable bonds is 3. The summed E-state index contributed by atoms with van der Waals surface area (Å²) < 4.78 is 50.1. The molecule has 0 aromatic rings. The third-order valence-electron chi connectivity index (χ3n) is 3.49. The van der Waals surface area contributed by atoms with Crippen LogP contribution in [0.15, 0.2) is 0 Å². The average molecular weight is 358 g/mol. The zero-order valence-corrected chi connectivity index (χ0v) is 14.7. The Morgan fingerprint density at radius 1 is 1.00 bits per heavy atom. The number of aliphatic hydroxyl groups excluding tert-OH is 1. The van der Waals surface area contributed by atoms with Gasteiger partial charge in [-0.05, 0) is 38.8 Å². The molecule has 2 heterocycles. The van der Waals surface area contributed by atoms with Gasteiger partial charge < -0.3 is 10.4 Å². The Balaban J connectivity index is 0.000000287. The van der Waals surface area contributed by atoms with Crippen LogP contribution in [0.25, 0.3) is 0 Å². The van der Waals surface area contributed by atoms with Crippen LogP contribution in [0.1, 0.15) is 25.7 Å². The second kappa shape index (κ2) is 8.55. The molecule has 0 aromatic heterocycles. The molecule has 0 radical (unpaired) electrons. The van der Waals surface area contributed by atoms with Gasteiger partial charge in [0, 0.05) is 13.1 Å². The van der Waals surface area contributed by atoms with E-state index in [9.17, 15) is 16.8 Å². The van der Waals surface area contributed by atoms with Crippen molar-refractivity contribution in [2.45, 2.75) is 37.9 Å². The second-order valence-corrected chi connectivity index (χ2v) is 9.23. The lowest BCUT2D eigenvalue weighted by atomic mass is 10.1. The summed E-state index contributed by atoms with van der Waals surface area (Å²) >= 11 is 0. The summed E-state index contributed by atoms with van der Waals surface area (Å²) in [6.45, 7) is 2.61. The molecule has 2 fully saturated rings. The molecule has 10 heteroatoms. The molecule has 0 amide bonds. The highest BCUT2D eigenvalue weighted by Crippen LogP contribution is 2.17. The van der Waals surface area contributed by atoms with Crippen molar-refractivity contribution in [3.8, 4) is 0 Å². The maximum Gasteiger partial charge on any atom is 0.264 e. The lowest BCUT2D eigenvalue weighted by Gasteiger charge is -2.29.